The summed E-state index contributed by atoms with van der Waals surface area (Å²) in [6, 6.07) is 6.28. The third kappa shape index (κ3) is 4.82. The Kier molecular flexibility index (Phi) is 5.76. The monoisotopic (exact) mass is 324 g/mol. The third-order valence-corrected chi connectivity index (χ3v) is 4.83. The highest BCUT2D eigenvalue weighted by Crippen LogP contribution is 2.23. The van der Waals surface area contributed by atoms with Gasteiger partial charge in [-0.1, -0.05) is 6.92 Å². The lowest BCUT2D eigenvalue weighted by molar-refractivity contribution is -0.115. The molecule has 2 aromatic rings. The summed E-state index contributed by atoms with van der Waals surface area (Å²) in [4.78, 5) is 18.3. The summed E-state index contributed by atoms with van der Waals surface area (Å²) in [6.07, 6.45) is 1.28. The molecule has 0 aliphatic carbocycles. The fraction of sp³-hybridized carbons (Fsp3) is 0.333. The van der Waals surface area contributed by atoms with Crippen LogP contribution in [-0.4, -0.2) is 16.6 Å². The first-order valence-corrected chi connectivity index (χ1v) is 8.53. The molecule has 1 aromatic heterocycles. The number of rotatable bonds is 6. The first-order chi connectivity index (χ1) is 10.1. The second-order valence-electron chi connectivity index (χ2n) is 4.48. The maximum atomic E-state index is 12.8. The maximum Gasteiger partial charge on any atom is 0.226 e. The molecular weight excluding hydrogens is 307 g/mol. The second kappa shape index (κ2) is 7.56. The van der Waals surface area contributed by atoms with Gasteiger partial charge in [-0.25, -0.2) is 9.37 Å². The predicted octanol–water partition coefficient (Wildman–Crippen LogP) is 4.27. The Morgan fingerprint density at radius 2 is 2.10 bits per heavy atom. The summed E-state index contributed by atoms with van der Waals surface area (Å²) < 4.78 is 12.8. The van der Waals surface area contributed by atoms with Gasteiger partial charge in [-0.3, -0.25) is 4.79 Å². The number of thiazole rings is 1. The fourth-order valence-electron chi connectivity index (χ4n) is 1.78. The summed E-state index contributed by atoms with van der Waals surface area (Å²) in [6.45, 7) is 4.06. The van der Waals surface area contributed by atoms with Gasteiger partial charge >= 0.3 is 0 Å². The average Bonchev–Trinajstić information content (AvgIpc) is 2.81. The van der Waals surface area contributed by atoms with Crippen LogP contribution in [0.15, 0.2) is 29.2 Å². The van der Waals surface area contributed by atoms with Crippen molar-refractivity contribution in [2.24, 2.45) is 0 Å². The van der Waals surface area contributed by atoms with Crippen LogP contribution in [0.25, 0.3) is 0 Å². The Morgan fingerprint density at radius 1 is 1.38 bits per heavy atom. The van der Waals surface area contributed by atoms with Crippen molar-refractivity contribution in [1.29, 1.82) is 0 Å². The van der Waals surface area contributed by atoms with Gasteiger partial charge in [0.2, 0.25) is 5.91 Å². The van der Waals surface area contributed by atoms with Gasteiger partial charge in [-0.15, -0.1) is 23.1 Å². The van der Waals surface area contributed by atoms with Crippen LogP contribution in [-0.2, 0) is 11.2 Å². The minimum Gasteiger partial charge on any atom is -0.302 e. The van der Waals surface area contributed by atoms with Gasteiger partial charge in [0.15, 0.2) is 5.13 Å². The number of nitrogens with zero attached hydrogens (tertiary/aromatic N) is 1. The minimum absolute atomic E-state index is 0.0407. The Bertz CT molecular complexity index is 611. The number of halogens is 1. The zero-order valence-corrected chi connectivity index (χ0v) is 13.6. The van der Waals surface area contributed by atoms with Crippen LogP contribution < -0.4 is 5.32 Å². The van der Waals surface area contributed by atoms with Gasteiger partial charge in [-0.05, 0) is 37.6 Å². The first kappa shape index (κ1) is 16.0. The van der Waals surface area contributed by atoms with E-state index in [0.717, 1.165) is 21.9 Å². The number of benzene rings is 1. The molecule has 1 aromatic carbocycles. The molecule has 3 nitrogen and oxygen atoms in total. The summed E-state index contributed by atoms with van der Waals surface area (Å²) in [5.74, 6) is 0.367. The molecule has 0 radical (unpaired) electrons. The first-order valence-electron chi connectivity index (χ1n) is 6.73. The summed E-state index contributed by atoms with van der Waals surface area (Å²) in [5.41, 5.74) is 1.04. The molecule has 0 aliphatic rings. The van der Waals surface area contributed by atoms with Gasteiger partial charge in [0.25, 0.3) is 0 Å². The number of hydrogen-bond acceptors (Lipinski definition) is 4. The van der Waals surface area contributed by atoms with Crippen LogP contribution in [0.3, 0.4) is 0 Å². The van der Waals surface area contributed by atoms with Crippen LogP contribution >= 0.6 is 23.1 Å². The lowest BCUT2D eigenvalue weighted by atomic mass is 10.3. The zero-order valence-electron chi connectivity index (χ0n) is 12.0. The largest absolute Gasteiger partial charge is 0.302 e. The predicted molar refractivity (Wildman–Crippen MR) is 86.6 cm³/mol. The Morgan fingerprint density at radius 3 is 2.71 bits per heavy atom. The molecule has 0 fully saturated rings. The van der Waals surface area contributed by atoms with Crippen molar-refractivity contribution >= 4 is 34.1 Å². The van der Waals surface area contributed by atoms with Crippen molar-refractivity contribution in [2.75, 3.05) is 11.1 Å². The number of hydrogen-bond donors (Lipinski definition) is 1. The van der Waals surface area contributed by atoms with E-state index in [2.05, 4.69) is 10.3 Å². The number of aryl methyl sites for hydroxylation is 2. The fourth-order valence-corrected chi connectivity index (χ4v) is 3.55. The molecule has 0 spiro atoms. The maximum absolute atomic E-state index is 12.8. The van der Waals surface area contributed by atoms with E-state index >= 15 is 0 Å². The van der Waals surface area contributed by atoms with E-state index in [1.165, 1.54) is 35.2 Å². The molecule has 0 bridgehead atoms. The summed E-state index contributed by atoms with van der Waals surface area (Å²) in [7, 11) is 0. The van der Waals surface area contributed by atoms with Crippen molar-refractivity contribution in [2.45, 2.75) is 31.6 Å². The van der Waals surface area contributed by atoms with Gasteiger partial charge in [-0.2, -0.15) is 0 Å². The van der Waals surface area contributed by atoms with Gasteiger partial charge in [0.1, 0.15) is 5.82 Å². The molecular formula is C15H17FN2OS2. The molecule has 0 saturated heterocycles. The SMILES string of the molecule is CCc1nc(NC(=O)CCSc2ccc(F)cc2)sc1C. The van der Waals surface area contributed by atoms with Gasteiger partial charge in [0.05, 0.1) is 5.69 Å². The van der Waals surface area contributed by atoms with E-state index in [-0.39, 0.29) is 11.7 Å². The van der Waals surface area contributed by atoms with E-state index in [9.17, 15) is 9.18 Å². The molecule has 21 heavy (non-hydrogen) atoms. The van der Waals surface area contributed by atoms with E-state index < -0.39 is 0 Å². The molecule has 1 heterocycles. The van der Waals surface area contributed by atoms with Crippen LogP contribution in [0.5, 0.6) is 0 Å². The molecule has 2 rings (SSSR count). The van der Waals surface area contributed by atoms with E-state index in [1.807, 2.05) is 13.8 Å². The van der Waals surface area contributed by atoms with Crippen LogP contribution in [0.4, 0.5) is 9.52 Å². The number of aromatic nitrogens is 1. The van der Waals surface area contributed by atoms with Crippen LogP contribution in [0.2, 0.25) is 0 Å². The highest BCUT2D eigenvalue weighted by atomic mass is 32.2. The highest BCUT2D eigenvalue weighted by molar-refractivity contribution is 7.99. The van der Waals surface area contributed by atoms with Crippen LogP contribution in [0, 0.1) is 12.7 Å². The number of anilines is 1. The molecule has 0 atom stereocenters. The van der Waals surface area contributed by atoms with E-state index in [4.69, 9.17) is 0 Å². The van der Waals surface area contributed by atoms with Crippen molar-refractivity contribution < 1.29 is 9.18 Å². The van der Waals surface area contributed by atoms with Crippen molar-refractivity contribution in [3.63, 3.8) is 0 Å². The minimum atomic E-state index is -0.247. The standard InChI is InChI=1S/C15H17FN2OS2/c1-3-13-10(2)21-15(17-13)18-14(19)8-9-20-12-6-4-11(16)5-7-12/h4-7H,3,8-9H2,1-2H3,(H,17,18,19). The lowest BCUT2D eigenvalue weighted by Crippen LogP contribution is -2.12. The lowest BCUT2D eigenvalue weighted by Gasteiger charge is -2.02. The number of nitrogens with one attached hydrogen (secondary N) is 1. The molecule has 6 heteroatoms. The van der Waals surface area contributed by atoms with Crippen molar-refractivity contribution in [3.8, 4) is 0 Å². The third-order valence-electron chi connectivity index (χ3n) is 2.89. The Labute approximate surface area is 132 Å². The quantitative estimate of drug-likeness (QED) is 0.807. The summed E-state index contributed by atoms with van der Waals surface area (Å²) in [5, 5.41) is 3.50. The van der Waals surface area contributed by atoms with Crippen molar-refractivity contribution in [1.82, 2.24) is 4.98 Å². The smallest absolute Gasteiger partial charge is 0.226 e. The highest BCUT2D eigenvalue weighted by Gasteiger charge is 2.09. The molecule has 0 saturated carbocycles. The van der Waals surface area contributed by atoms with E-state index in [0.29, 0.717) is 17.3 Å². The topological polar surface area (TPSA) is 42.0 Å². The number of amides is 1. The molecule has 0 aliphatic heterocycles. The Balaban J connectivity index is 1.78. The van der Waals surface area contributed by atoms with Gasteiger partial charge in [0, 0.05) is 21.9 Å². The number of carbonyl (C=O) groups is 1. The molecule has 112 valence electrons. The normalized spacial score (nSPS) is 10.6. The molecule has 0 unspecified atom stereocenters. The zero-order chi connectivity index (χ0) is 15.2. The summed E-state index contributed by atoms with van der Waals surface area (Å²) >= 11 is 3.04. The number of carbonyl (C=O) groups excluding carboxylic acids is 1. The van der Waals surface area contributed by atoms with E-state index in [1.54, 1.807) is 12.1 Å². The van der Waals surface area contributed by atoms with Crippen molar-refractivity contribution in [3.05, 3.63) is 40.7 Å². The van der Waals surface area contributed by atoms with Gasteiger partial charge < -0.3 is 5.32 Å². The van der Waals surface area contributed by atoms with Crippen LogP contribution in [0.1, 0.15) is 23.9 Å². The molecule has 1 N–H and O–H groups in total. The molecule has 1 amide bonds. The average molecular weight is 324 g/mol. The number of thioether (sulfide) groups is 1. The Hall–Kier alpha value is -1.40. The second-order valence-corrected chi connectivity index (χ2v) is 6.85.